The highest BCUT2D eigenvalue weighted by atomic mass is 32.2. The maximum atomic E-state index is 13.1. The number of fused-ring (bicyclic) bond motifs is 1. The van der Waals surface area contributed by atoms with Gasteiger partial charge in [0, 0.05) is 11.3 Å². The molecule has 0 aliphatic carbocycles. The molecule has 7 nitrogen and oxygen atoms in total. The summed E-state index contributed by atoms with van der Waals surface area (Å²) >= 11 is 1.61. The number of amides is 4. The summed E-state index contributed by atoms with van der Waals surface area (Å²) in [5, 5.41) is 2.24. The van der Waals surface area contributed by atoms with E-state index in [1.807, 2.05) is 6.07 Å². The molecule has 33 heavy (non-hydrogen) atoms. The second kappa shape index (κ2) is 11.3. The Morgan fingerprint density at radius 2 is 1.67 bits per heavy atom. The highest BCUT2D eigenvalue weighted by Gasteiger charge is 2.45. The SMILES string of the molecule is O=C1CCC(N2C(=O)c3cccc(SCCCCCCCN4CCCCC4)c3C2=O)C(=O)N1. The van der Waals surface area contributed by atoms with Crippen LogP contribution < -0.4 is 5.32 Å². The average molecular weight is 472 g/mol. The summed E-state index contributed by atoms with van der Waals surface area (Å²) in [5.74, 6) is -0.917. The first kappa shape index (κ1) is 24.0. The van der Waals surface area contributed by atoms with Crippen LogP contribution in [0.4, 0.5) is 0 Å². The first-order valence-corrected chi connectivity index (χ1v) is 13.2. The molecule has 3 aliphatic rings. The molecular weight excluding hydrogens is 438 g/mol. The molecule has 0 bridgehead atoms. The molecule has 0 radical (unpaired) electrons. The van der Waals surface area contributed by atoms with E-state index in [1.165, 1.54) is 58.2 Å². The van der Waals surface area contributed by atoms with Crippen molar-refractivity contribution in [2.24, 2.45) is 0 Å². The third kappa shape index (κ3) is 5.66. The van der Waals surface area contributed by atoms with Gasteiger partial charge in [-0.1, -0.05) is 31.7 Å². The van der Waals surface area contributed by atoms with Gasteiger partial charge in [-0.3, -0.25) is 29.4 Å². The molecule has 4 rings (SSSR count). The van der Waals surface area contributed by atoms with Crippen molar-refractivity contribution in [2.75, 3.05) is 25.4 Å². The van der Waals surface area contributed by atoms with Crippen molar-refractivity contribution in [3.8, 4) is 0 Å². The third-order valence-corrected chi connectivity index (χ3v) is 7.90. The number of unbranched alkanes of at least 4 members (excludes halogenated alkanes) is 4. The van der Waals surface area contributed by atoms with Gasteiger partial charge in [-0.25, -0.2) is 0 Å². The number of nitrogens with one attached hydrogen (secondary N) is 1. The second-order valence-electron chi connectivity index (χ2n) is 9.14. The number of piperidine rings is 2. The molecule has 1 unspecified atom stereocenters. The number of benzene rings is 1. The maximum Gasteiger partial charge on any atom is 0.263 e. The number of nitrogens with zero attached hydrogens (tertiary/aromatic N) is 2. The highest BCUT2D eigenvalue weighted by Crippen LogP contribution is 2.34. The minimum atomic E-state index is -0.919. The Balaban J connectivity index is 1.24. The van der Waals surface area contributed by atoms with Gasteiger partial charge < -0.3 is 4.90 Å². The van der Waals surface area contributed by atoms with Crippen LogP contribution in [0, 0.1) is 0 Å². The largest absolute Gasteiger partial charge is 0.303 e. The second-order valence-corrected chi connectivity index (χ2v) is 10.3. The number of likely N-dealkylation sites (tertiary alicyclic amines) is 1. The minimum absolute atomic E-state index is 0.128. The molecule has 0 spiro atoms. The van der Waals surface area contributed by atoms with Crippen molar-refractivity contribution < 1.29 is 19.2 Å². The zero-order valence-corrected chi connectivity index (χ0v) is 20.0. The van der Waals surface area contributed by atoms with E-state index >= 15 is 0 Å². The van der Waals surface area contributed by atoms with Crippen LogP contribution in [-0.2, 0) is 9.59 Å². The molecule has 1 N–H and O–H groups in total. The number of hydrogen-bond acceptors (Lipinski definition) is 6. The van der Waals surface area contributed by atoms with Crippen LogP contribution in [0.3, 0.4) is 0 Å². The lowest BCUT2D eigenvalue weighted by Crippen LogP contribution is -2.54. The van der Waals surface area contributed by atoms with E-state index in [1.54, 1.807) is 23.9 Å². The Hall–Kier alpha value is -2.19. The molecular formula is C25H33N3O4S. The van der Waals surface area contributed by atoms with Crippen LogP contribution in [0.1, 0.15) is 84.9 Å². The lowest BCUT2D eigenvalue weighted by atomic mass is 10.0. The smallest absolute Gasteiger partial charge is 0.263 e. The van der Waals surface area contributed by atoms with E-state index in [0.717, 1.165) is 28.4 Å². The van der Waals surface area contributed by atoms with E-state index in [2.05, 4.69) is 10.2 Å². The summed E-state index contributed by atoms with van der Waals surface area (Å²) in [6.07, 6.45) is 10.4. The number of carbonyl (C=O) groups is 4. The van der Waals surface area contributed by atoms with E-state index < -0.39 is 23.8 Å². The van der Waals surface area contributed by atoms with Crippen molar-refractivity contribution >= 4 is 35.4 Å². The molecule has 2 fully saturated rings. The average Bonchev–Trinajstić information content (AvgIpc) is 3.07. The van der Waals surface area contributed by atoms with Crippen LogP contribution in [0.25, 0.3) is 0 Å². The maximum absolute atomic E-state index is 13.1. The number of carbonyl (C=O) groups excluding carboxylic acids is 4. The number of thioether (sulfide) groups is 1. The van der Waals surface area contributed by atoms with Crippen LogP contribution in [0.15, 0.2) is 23.1 Å². The fourth-order valence-corrected chi connectivity index (χ4v) is 6.02. The quantitative estimate of drug-likeness (QED) is 0.319. The van der Waals surface area contributed by atoms with Crippen molar-refractivity contribution in [3.63, 3.8) is 0 Å². The van der Waals surface area contributed by atoms with E-state index in [-0.39, 0.29) is 18.7 Å². The zero-order valence-electron chi connectivity index (χ0n) is 19.1. The summed E-state index contributed by atoms with van der Waals surface area (Å²) in [6.45, 7) is 3.76. The van der Waals surface area contributed by atoms with Gasteiger partial charge in [-0.15, -0.1) is 11.8 Å². The monoisotopic (exact) mass is 471 g/mol. The molecule has 1 aromatic carbocycles. The third-order valence-electron chi connectivity index (χ3n) is 6.75. The summed E-state index contributed by atoms with van der Waals surface area (Å²) < 4.78 is 0. The Morgan fingerprint density at radius 1 is 0.909 bits per heavy atom. The first-order chi connectivity index (χ1) is 16.1. The minimum Gasteiger partial charge on any atom is -0.303 e. The topological polar surface area (TPSA) is 86.8 Å². The molecule has 3 heterocycles. The fourth-order valence-electron chi connectivity index (χ4n) is 4.94. The van der Waals surface area contributed by atoms with Crippen LogP contribution in [0.2, 0.25) is 0 Å². The molecule has 1 aromatic rings. The van der Waals surface area contributed by atoms with E-state index in [9.17, 15) is 19.2 Å². The van der Waals surface area contributed by atoms with Crippen molar-refractivity contribution in [1.29, 1.82) is 0 Å². The van der Waals surface area contributed by atoms with Gasteiger partial charge in [0.2, 0.25) is 11.8 Å². The predicted octanol–water partition coefficient (Wildman–Crippen LogP) is 3.62. The molecule has 2 saturated heterocycles. The van der Waals surface area contributed by atoms with Crippen molar-refractivity contribution in [3.05, 3.63) is 29.3 Å². The van der Waals surface area contributed by atoms with Crippen molar-refractivity contribution in [1.82, 2.24) is 15.1 Å². The fraction of sp³-hybridized carbons (Fsp3) is 0.600. The molecule has 0 saturated carbocycles. The Morgan fingerprint density at radius 3 is 2.45 bits per heavy atom. The Kier molecular flexibility index (Phi) is 8.20. The Labute approximate surface area is 199 Å². The molecule has 178 valence electrons. The number of rotatable bonds is 10. The summed E-state index contributed by atoms with van der Waals surface area (Å²) in [4.78, 5) is 54.1. The summed E-state index contributed by atoms with van der Waals surface area (Å²) in [7, 11) is 0. The number of hydrogen-bond donors (Lipinski definition) is 1. The van der Waals surface area contributed by atoms with Gasteiger partial charge in [0.25, 0.3) is 11.8 Å². The lowest BCUT2D eigenvalue weighted by molar-refractivity contribution is -0.136. The van der Waals surface area contributed by atoms with E-state index in [0.29, 0.717) is 11.1 Å². The molecule has 4 amide bonds. The van der Waals surface area contributed by atoms with Crippen molar-refractivity contribution in [2.45, 2.75) is 75.1 Å². The van der Waals surface area contributed by atoms with Gasteiger partial charge in [-0.2, -0.15) is 0 Å². The number of imide groups is 2. The molecule has 8 heteroatoms. The first-order valence-electron chi connectivity index (χ1n) is 12.3. The molecule has 1 atom stereocenters. The standard InChI is InChI=1S/C25H33N3O4S/c29-21-13-12-19(23(30)26-21)28-24(31)18-10-9-11-20(22(18)25(28)32)33-17-8-3-1-2-5-14-27-15-6-4-7-16-27/h9-11,19H,1-8,12-17H2,(H,26,29,30). The summed E-state index contributed by atoms with van der Waals surface area (Å²) in [6, 6.07) is 4.40. The van der Waals surface area contributed by atoms with Gasteiger partial charge in [0.15, 0.2) is 0 Å². The molecule has 0 aromatic heterocycles. The normalized spacial score (nSPS) is 21.5. The predicted molar refractivity (Wildman–Crippen MR) is 127 cm³/mol. The van der Waals surface area contributed by atoms with E-state index in [4.69, 9.17) is 0 Å². The molecule has 3 aliphatic heterocycles. The van der Waals surface area contributed by atoms with Crippen LogP contribution in [-0.4, -0.2) is 64.9 Å². The zero-order chi connectivity index (χ0) is 23.2. The van der Waals surface area contributed by atoms with Gasteiger partial charge in [-0.05, 0) is 69.6 Å². The van der Waals surface area contributed by atoms with Crippen LogP contribution in [0.5, 0.6) is 0 Å². The van der Waals surface area contributed by atoms with Gasteiger partial charge >= 0.3 is 0 Å². The Bertz CT molecular complexity index is 913. The van der Waals surface area contributed by atoms with Gasteiger partial charge in [0.1, 0.15) is 6.04 Å². The van der Waals surface area contributed by atoms with Crippen LogP contribution >= 0.6 is 11.8 Å². The lowest BCUT2D eigenvalue weighted by Gasteiger charge is -2.27. The van der Waals surface area contributed by atoms with Gasteiger partial charge in [0.05, 0.1) is 11.1 Å². The highest BCUT2D eigenvalue weighted by molar-refractivity contribution is 7.99. The summed E-state index contributed by atoms with van der Waals surface area (Å²) in [5.41, 5.74) is 0.756.